The van der Waals surface area contributed by atoms with E-state index in [4.69, 9.17) is 9.26 Å². The number of aromatic nitrogens is 3. The van der Waals surface area contributed by atoms with E-state index in [0.29, 0.717) is 35.3 Å². The SMILES string of the molecule is CCOc1nc2cc(C)ccc2cc1-c1noc(-c2ccc(F)cc2)n1. The molecule has 26 heavy (non-hydrogen) atoms. The molecule has 2 aromatic heterocycles. The van der Waals surface area contributed by atoms with Crippen LogP contribution in [0.3, 0.4) is 0 Å². The Morgan fingerprint density at radius 1 is 1.04 bits per heavy atom. The van der Waals surface area contributed by atoms with Gasteiger partial charge in [-0.05, 0) is 55.8 Å². The molecule has 0 spiro atoms. The van der Waals surface area contributed by atoms with Crippen LogP contribution < -0.4 is 4.74 Å². The van der Waals surface area contributed by atoms with E-state index in [-0.39, 0.29) is 5.82 Å². The third-order valence-electron chi connectivity index (χ3n) is 3.98. The number of pyridine rings is 1. The van der Waals surface area contributed by atoms with Crippen molar-refractivity contribution in [1.82, 2.24) is 15.1 Å². The number of benzene rings is 2. The molecule has 4 aromatic rings. The summed E-state index contributed by atoms with van der Waals surface area (Å²) in [6.45, 7) is 4.38. The average Bonchev–Trinajstić information content (AvgIpc) is 3.12. The summed E-state index contributed by atoms with van der Waals surface area (Å²) in [4.78, 5) is 9.03. The van der Waals surface area contributed by atoms with Crippen molar-refractivity contribution < 1.29 is 13.7 Å². The highest BCUT2D eigenvalue weighted by atomic mass is 19.1. The molecule has 6 heteroatoms. The first kappa shape index (κ1) is 16.2. The first-order valence-electron chi connectivity index (χ1n) is 8.28. The lowest BCUT2D eigenvalue weighted by molar-refractivity contribution is 0.329. The molecule has 0 fully saturated rings. The maximum absolute atomic E-state index is 13.1. The van der Waals surface area contributed by atoms with Crippen LogP contribution in [0.15, 0.2) is 53.1 Å². The number of aryl methyl sites for hydroxylation is 1. The highest BCUT2D eigenvalue weighted by molar-refractivity contribution is 5.85. The van der Waals surface area contributed by atoms with Crippen LogP contribution in [0.25, 0.3) is 33.7 Å². The Balaban J connectivity index is 1.81. The third kappa shape index (κ3) is 3.01. The Hall–Kier alpha value is -3.28. The second-order valence-corrected chi connectivity index (χ2v) is 5.90. The van der Waals surface area contributed by atoms with Gasteiger partial charge in [0.05, 0.1) is 17.7 Å². The zero-order chi connectivity index (χ0) is 18.1. The molecule has 5 nitrogen and oxygen atoms in total. The minimum Gasteiger partial charge on any atom is -0.477 e. The summed E-state index contributed by atoms with van der Waals surface area (Å²) < 4.78 is 24.1. The largest absolute Gasteiger partial charge is 0.477 e. The standard InChI is InChI=1S/C20H16FN3O2/c1-3-25-20-16(11-14-5-4-12(2)10-17(14)22-20)18-23-19(26-24-18)13-6-8-15(21)9-7-13/h4-11H,3H2,1-2H3. The molecule has 0 radical (unpaired) electrons. The van der Waals surface area contributed by atoms with E-state index in [2.05, 4.69) is 15.1 Å². The summed E-state index contributed by atoms with van der Waals surface area (Å²) in [7, 11) is 0. The topological polar surface area (TPSA) is 61.0 Å². The van der Waals surface area contributed by atoms with E-state index in [9.17, 15) is 4.39 Å². The van der Waals surface area contributed by atoms with Gasteiger partial charge in [0, 0.05) is 10.9 Å². The second-order valence-electron chi connectivity index (χ2n) is 5.90. The third-order valence-corrected chi connectivity index (χ3v) is 3.98. The summed E-state index contributed by atoms with van der Waals surface area (Å²) in [6.07, 6.45) is 0. The van der Waals surface area contributed by atoms with E-state index in [1.165, 1.54) is 12.1 Å². The molecule has 2 aromatic carbocycles. The Labute approximate surface area is 149 Å². The fraction of sp³-hybridized carbons (Fsp3) is 0.150. The molecule has 0 bridgehead atoms. The van der Waals surface area contributed by atoms with Gasteiger partial charge in [-0.2, -0.15) is 4.98 Å². The van der Waals surface area contributed by atoms with Crippen molar-refractivity contribution in [3.8, 4) is 28.7 Å². The van der Waals surface area contributed by atoms with Crippen LogP contribution in [-0.2, 0) is 0 Å². The molecule has 0 saturated heterocycles. The zero-order valence-corrected chi connectivity index (χ0v) is 14.4. The van der Waals surface area contributed by atoms with Crippen LogP contribution in [0.1, 0.15) is 12.5 Å². The number of halogens is 1. The maximum atomic E-state index is 13.1. The van der Waals surface area contributed by atoms with Gasteiger partial charge < -0.3 is 9.26 Å². The smallest absolute Gasteiger partial charge is 0.258 e. The van der Waals surface area contributed by atoms with Gasteiger partial charge >= 0.3 is 0 Å². The van der Waals surface area contributed by atoms with Crippen molar-refractivity contribution in [2.75, 3.05) is 6.61 Å². The predicted molar refractivity (Wildman–Crippen MR) is 96.3 cm³/mol. The number of ether oxygens (including phenoxy) is 1. The number of hydrogen-bond donors (Lipinski definition) is 0. The quantitative estimate of drug-likeness (QED) is 0.530. The zero-order valence-electron chi connectivity index (χ0n) is 14.4. The van der Waals surface area contributed by atoms with Gasteiger partial charge in [-0.3, -0.25) is 0 Å². The molecule has 0 unspecified atom stereocenters. The lowest BCUT2D eigenvalue weighted by Gasteiger charge is -2.08. The van der Waals surface area contributed by atoms with E-state index in [1.54, 1.807) is 12.1 Å². The monoisotopic (exact) mass is 349 g/mol. The second kappa shape index (κ2) is 6.55. The molecule has 130 valence electrons. The van der Waals surface area contributed by atoms with Crippen LogP contribution in [-0.4, -0.2) is 21.7 Å². The fourth-order valence-electron chi connectivity index (χ4n) is 2.71. The lowest BCUT2D eigenvalue weighted by Crippen LogP contribution is -1.98. The molecule has 0 N–H and O–H groups in total. The van der Waals surface area contributed by atoms with Crippen molar-refractivity contribution in [2.45, 2.75) is 13.8 Å². The summed E-state index contributed by atoms with van der Waals surface area (Å²) >= 11 is 0. The Bertz CT molecular complexity index is 1070. The van der Waals surface area contributed by atoms with Crippen molar-refractivity contribution in [3.05, 3.63) is 59.9 Å². The van der Waals surface area contributed by atoms with E-state index in [0.717, 1.165) is 16.5 Å². The molecule has 0 amide bonds. The van der Waals surface area contributed by atoms with E-state index >= 15 is 0 Å². The molecule has 2 heterocycles. The van der Waals surface area contributed by atoms with Crippen molar-refractivity contribution in [3.63, 3.8) is 0 Å². The van der Waals surface area contributed by atoms with Crippen LogP contribution in [0.5, 0.6) is 5.88 Å². The van der Waals surface area contributed by atoms with Crippen molar-refractivity contribution in [2.24, 2.45) is 0 Å². The van der Waals surface area contributed by atoms with Crippen molar-refractivity contribution in [1.29, 1.82) is 0 Å². The van der Waals surface area contributed by atoms with Gasteiger partial charge in [-0.25, -0.2) is 9.37 Å². The van der Waals surface area contributed by atoms with E-state index < -0.39 is 0 Å². The minimum atomic E-state index is -0.318. The number of nitrogens with zero attached hydrogens (tertiary/aromatic N) is 3. The first-order chi connectivity index (χ1) is 12.6. The molecule has 0 aliphatic rings. The minimum absolute atomic E-state index is 0.312. The van der Waals surface area contributed by atoms with E-state index in [1.807, 2.05) is 38.1 Å². The Kier molecular flexibility index (Phi) is 4.08. The molecule has 0 atom stereocenters. The number of rotatable bonds is 4. The van der Waals surface area contributed by atoms with Crippen LogP contribution in [0, 0.1) is 12.7 Å². The molecular formula is C20H16FN3O2. The van der Waals surface area contributed by atoms with Gasteiger partial charge in [0.15, 0.2) is 0 Å². The molecule has 0 saturated carbocycles. The van der Waals surface area contributed by atoms with Crippen molar-refractivity contribution >= 4 is 10.9 Å². The highest BCUT2D eigenvalue weighted by Gasteiger charge is 2.17. The van der Waals surface area contributed by atoms with Gasteiger partial charge in [0.1, 0.15) is 5.82 Å². The maximum Gasteiger partial charge on any atom is 0.258 e. The Morgan fingerprint density at radius 3 is 2.62 bits per heavy atom. The molecule has 4 rings (SSSR count). The first-order valence-corrected chi connectivity index (χ1v) is 8.28. The predicted octanol–water partition coefficient (Wildman–Crippen LogP) is 4.80. The summed E-state index contributed by atoms with van der Waals surface area (Å²) in [5.74, 6) is 0.826. The normalized spacial score (nSPS) is 11.0. The van der Waals surface area contributed by atoms with Gasteiger partial charge in [0.2, 0.25) is 11.7 Å². The summed E-state index contributed by atoms with van der Waals surface area (Å²) in [5.41, 5.74) is 3.27. The lowest BCUT2D eigenvalue weighted by atomic mass is 10.1. The van der Waals surface area contributed by atoms with Crippen LogP contribution in [0.2, 0.25) is 0 Å². The van der Waals surface area contributed by atoms with Crippen LogP contribution in [0.4, 0.5) is 4.39 Å². The Morgan fingerprint density at radius 2 is 1.85 bits per heavy atom. The van der Waals surface area contributed by atoms with Gasteiger partial charge in [-0.1, -0.05) is 17.3 Å². The molecular weight excluding hydrogens is 333 g/mol. The average molecular weight is 349 g/mol. The summed E-state index contributed by atoms with van der Waals surface area (Å²) in [5, 5.41) is 5.01. The van der Waals surface area contributed by atoms with Crippen LogP contribution >= 0.6 is 0 Å². The van der Waals surface area contributed by atoms with Gasteiger partial charge in [0.25, 0.3) is 5.89 Å². The molecule has 0 aliphatic carbocycles. The number of hydrogen-bond acceptors (Lipinski definition) is 5. The number of fused-ring (bicyclic) bond motifs is 1. The van der Waals surface area contributed by atoms with Gasteiger partial charge in [-0.15, -0.1) is 0 Å². The fourth-order valence-corrected chi connectivity index (χ4v) is 2.71. The summed E-state index contributed by atoms with van der Waals surface area (Å²) in [6, 6.07) is 13.9. The highest BCUT2D eigenvalue weighted by Crippen LogP contribution is 2.31. The molecule has 0 aliphatic heterocycles.